The molecule has 0 unspecified atom stereocenters. The molecule has 1 amide bonds. The zero-order valence-electron chi connectivity index (χ0n) is 8.78. The van der Waals surface area contributed by atoms with Crippen LogP contribution in [-0.2, 0) is 0 Å². The summed E-state index contributed by atoms with van der Waals surface area (Å²) in [5.74, 6) is -0.191. The van der Waals surface area contributed by atoms with Crippen molar-refractivity contribution >= 4 is 34.8 Å². The van der Waals surface area contributed by atoms with Crippen molar-refractivity contribution in [1.29, 1.82) is 0 Å². The van der Waals surface area contributed by atoms with Crippen molar-refractivity contribution in [1.82, 2.24) is 0 Å². The molecule has 86 valence electrons. The van der Waals surface area contributed by atoms with Gasteiger partial charge in [0, 0.05) is 21.3 Å². The van der Waals surface area contributed by atoms with Crippen LogP contribution in [0.3, 0.4) is 0 Å². The summed E-state index contributed by atoms with van der Waals surface area (Å²) in [7, 11) is 0. The Morgan fingerprint density at radius 1 is 0.941 bits per heavy atom. The number of benzene rings is 2. The van der Waals surface area contributed by atoms with Gasteiger partial charge < -0.3 is 5.32 Å². The van der Waals surface area contributed by atoms with Crippen molar-refractivity contribution < 1.29 is 4.79 Å². The highest BCUT2D eigenvalue weighted by Crippen LogP contribution is 2.16. The van der Waals surface area contributed by atoms with Gasteiger partial charge in [-0.3, -0.25) is 4.79 Å². The van der Waals surface area contributed by atoms with Gasteiger partial charge >= 0.3 is 0 Å². The first-order chi connectivity index (χ1) is 8.15. The number of halogens is 2. The van der Waals surface area contributed by atoms with Crippen molar-refractivity contribution in [3.05, 3.63) is 64.1 Å². The van der Waals surface area contributed by atoms with Crippen molar-refractivity contribution in [2.45, 2.75) is 0 Å². The van der Waals surface area contributed by atoms with Gasteiger partial charge in [-0.15, -0.1) is 0 Å². The molecule has 2 nitrogen and oxygen atoms in total. The maximum atomic E-state index is 11.8. The minimum atomic E-state index is -0.191. The molecule has 0 radical (unpaired) electrons. The summed E-state index contributed by atoms with van der Waals surface area (Å²) in [6.45, 7) is 0. The lowest BCUT2D eigenvalue weighted by atomic mass is 10.2. The number of rotatable bonds is 2. The van der Waals surface area contributed by atoms with Gasteiger partial charge in [-0.05, 0) is 42.5 Å². The molecule has 0 aliphatic heterocycles. The van der Waals surface area contributed by atoms with E-state index in [1.54, 1.807) is 48.5 Å². The van der Waals surface area contributed by atoms with Gasteiger partial charge in [0.25, 0.3) is 5.91 Å². The smallest absolute Gasteiger partial charge is 0.255 e. The lowest BCUT2D eigenvalue weighted by molar-refractivity contribution is 0.102. The van der Waals surface area contributed by atoms with Gasteiger partial charge in [0.2, 0.25) is 0 Å². The number of anilines is 1. The molecule has 0 saturated heterocycles. The zero-order chi connectivity index (χ0) is 12.3. The molecule has 0 bridgehead atoms. The van der Waals surface area contributed by atoms with Crippen LogP contribution in [0.5, 0.6) is 0 Å². The van der Waals surface area contributed by atoms with E-state index in [0.29, 0.717) is 21.3 Å². The fourth-order valence-electron chi connectivity index (χ4n) is 1.37. The number of amides is 1. The van der Waals surface area contributed by atoms with Gasteiger partial charge in [0.15, 0.2) is 0 Å². The first-order valence-electron chi connectivity index (χ1n) is 4.97. The van der Waals surface area contributed by atoms with Crippen LogP contribution in [-0.4, -0.2) is 5.91 Å². The van der Waals surface area contributed by atoms with E-state index in [9.17, 15) is 4.79 Å². The Bertz CT molecular complexity index is 537. The molecule has 0 heterocycles. The third-order valence-electron chi connectivity index (χ3n) is 2.19. The van der Waals surface area contributed by atoms with Gasteiger partial charge in [0.1, 0.15) is 0 Å². The van der Waals surface area contributed by atoms with Crippen LogP contribution in [0.1, 0.15) is 10.4 Å². The van der Waals surface area contributed by atoms with E-state index in [2.05, 4.69) is 5.32 Å². The Hall–Kier alpha value is -1.51. The number of hydrogen-bond acceptors (Lipinski definition) is 1. The molecular formula is C13H9Cl2NO. The molecule has 0 saturated carbocycles. The lowest BCUT2D eigenvalue weighted by Gasteiger charge is -2.05. The molecule has 0 atom stereocenters. The summed E-state index contributed by atoms with van der Waals surface area (Å²) in [5.41, 5.74) is 1.21. The Morgan fingerprint density at radius 3 is 2.29 bits per heavy atom. The van der Waals surface area contributed by atoms with Crippen LogP contribution >= 0.6 is 23.2 Å². The average molecular weight is 266 g/mol. The number of nitrogens with one attached hydrogen (secondary N) is 1. The van der Waals surface area contributed by atoms with E-state index < -0.39 is 0 Å². The monoisotopic (exact) mass is 265 g/mol. The molecule has 0 fully saturated rings. The number of carbonyl (C=O) groups excluding carboxylic acids is 1. The lowest BCUT2D eigenvalue weighted by Crippen LogP contribution is -2.11. The molecule has 2 aromatic carbocycles. The first-order valence-corrected chi connectivity index (χ1v) is 5.73. The highest BCUT2D eigenvalue weighted by molar-refractivity contribution is 6.31. The maximum absolute atomic E-state index is 11.8. The normalized spacial score (nSPS) is 10.0. The zero-order valence-corrected chi connectivity index (χ0v) is 10.3. The third kappa shape index (κ3) is 3.22. The fraction of sp³-hybridized carbons (Fsp3) is 0. The Kier molecular flexibility index (Phi) is 3.67. The van der Waals surface area contributed by atoms with Crippen LogP contribution in [0, 0.1) is 0 Å². The van der Waals surface area contributed by atoms with E-state index in [-0.39, 0.29) is 5.91 Å². The second kappa shape index (κ2) is 5.21. The molecule has 1 N–H and O–H groups in total. The summed E-state index contributed by atoms with van der Waals surface area (Å²) in [6, 6.07) is 13.7. The van der Waals surface area contributed by atoms with Crippen molar-refractivity contribution in [3.8, 4) is 0 Å². The summed E-state index contributed by atoms with van der Waals surface area (Å²) in [6.07, 6.45) is 0. The molecule has 0 spiro atoms. The van der Waals surface area contributed by atoms with Gasteiger partial charge in [-0.25, -0.2) is 0 Å². The van der Waals surface area contributed by atoms with Crippen molar-refractivity contribution in [2.24, 2.45) is 0 Å². The topological polar surface area (TPSA) is 29.1 Å². The molecule has 2 rings (SSSR count). The highest BCUT2D eigenvalue weighted by Gasteiger charge is 2.05. The second-order valence-electron chi connectivity index (χ2n) is 3.47. The van der Waals surface area contributed by atoms with E-state index in [1.165, 1.54) is 0 Å². The molecule has 0 aliphatic carbocycles. The summed E-state index contributed by atoms with van der Waals surface area (Å²) >= 11 is 11.6. The number of carbonyl (C=O) groups is 1. The molecule has 4 heteroatoms. The maximum Gasteiger partial charge on any atom is 0.255 e. The molecule has 0 aromatic heterocycles. The summed E-state index contributed by atoms with van der Waals surface area (Å²) in [5, 5.41) is 3.94. The second-order valence-corrected chi connectivity index (χ2v) is 4.34. The Balaban J connectivity index is 2.14. The predicted molar refractivity (Wildman–Crippen MR) is 70.9 cm³/mol. The van der Waals surface area contributed by atoms with Crippen LogP contribution in [0.25, 0.3) is 0 Å². The fourth-order valence-corrected chi connectivity index (χ4v) is 1.69. The van der Waals surface area contributed by atoms with Crippen LogP contribution in [0.15, 0.2) is 48.5 Å². The van der Waals surface area contributed by atoms with E-state index in [0.717, 1.165) is 0 Å². The van der Waals surface area contributed by atoms with Gasteiger partial charge in [0.05, 0.1) is 0 Å². The van der Waals surface area contributed by atoms with Crippen LogP contribution in [0.4, 0.5) is 5.69 Å². The van der Waals surface area contributed by atoms with Crippen molar-refractivity contribution in [2.75, 3.05) is 5.32 Å². The summed E-state index contributed by atoms with van der Waals surface area (Å²) < 4.78 is 0. The Labute approximate surface area is 109 Å². The van der Waals surface area contributed by atoms with Crippen LogP contribution < -0.4 is 5.32 Å². The quantitative estimate of drug-likeness (QED) is 0.865. The molecule has 2 aromatic rings. The van der Waals surface area contributed by atoms with E-state index in [1.807, 2.05) is 0 Å². The molecule has 0 aliphatic rings. The van der Waals surface area contributed by atoms with Crippen molar-refractivity contribution in [3.63, 3.8) is 0 Å². The first kappa shape index (κ1) is 12.0. The van der Waals surface area contributed by atoms with E-state index in [4.69, 9.17) is 23.2 Å². The average Bonchev–Trinajstić information content (AvgIpc) is 2.29. The molecule has 17 heavy (non-hydrogen) atoms. The third-order valence-corrected chi connectivity index (χ3v) is 2.68. The van der Waals surface area contributed by atoms with Gasteiger partial charge in [-0.1, -0.05) is 29.3 Å². The standard InChI is InChI=1S/C13H9Cl2NO/c14-10-6-4-9(5-7-10)13(17)16-12-3-1-2-11(15)8-12/h1-8H,(H,16,17). The van der Waals surface area contributed by atoms with Gasteiger partial charge in [-0.2, -0.15) is 0 Å². The van der Waals surface area contributed by atoms with E-state index >= 15 is 0 Å². The minimum Gasteiger partial charge on any atom is -0.322 e. The highest BCUT2D eigenvalue weighted by atomic mass is 35.5. The molecular weight excluding hydrogens is 257 g/mol. The predicted octanol–water partition coefficient (Wildman–Crippen LogP) is 4.25. The summed E-state index contributed by atoms with van der Waals surface area (Å²) in [4.78, 5) is 11.8. The van der Waals surface area contributed by atoms with Crippen LogP contribution in [0.2, 0.25) is 10.0 Å². The largest absolute Gasteiger partial charge is 0.322 e. The SMILES string of the molecule is O=C(Nc1cccc(Cl)c1)c1ccc(Cl)cc1. The Morgan fingerprint density at radius 2 is 1.65 bits per heavy atom. The minimum absolute atomic E-state index is 0.191. The number of hydrogen-bond donors (Lipinski definition) is 1.